The van der Waals surface area contributed by atoms with Crippen LogP contribution in [0.15, 0.2) is 24.3 Å². The highest BCUT2D eigenvalue weighted by atomic mass is 16.5. The summed E-state index contributed by atoms with van der Waals surface area (Å²) in [6, 6.07) is 8.40. The van der Waals surface area contributed by atoms with Gasteiger partial charge in [0.25, 0.3) is 0 Å². The second-order valence-electron chi connectivity index (χ2n) is 7.90. The smallest absolute Gasteiger partial charge is 0.321 e. The number of hydrogen-bond acceptors (Lipinski definition) is 4. The van der Waals surface area contributed by atoms with E-state index in [1.54, 1.807) is 7.11 Å². The molecule has 3 amide bonds. The van der Waals surface area contributed by atoms with Crippen molar-refractivity contribution in [3.63, 3.8) is 0 Å². The molecule has 0 radical (unpaired) electrons. The van der Waals surface area contributed by atoms with E-state index < -0.39 is 6.03 Å². The standard InChI is InChI=1S/C22H35N3O3/c1-16(2)21(24-15-20(26)25-22(27)23-13-14-28-3)19-11-9-18(10-12-19)17-7-5-4-6-8-17/h9-12,16-17,21,24H,4-8,13-15H2,1-3H3,(H2,23,25,26,27). The lowest BCUT2D eigenvalue weighted by atomic mass is 9.83. The number of carbonyl (C=O) groups excluding carboxylic acids is 2. The first-order valence-electron chi connectivity index (χ1n) is 10.4. The van der Waals surface area contributed by atoms with E-state index in [-0.39, 0.29) is 18.5 Å². The van der Waals surface area contributed by atoms with Gasteiger partial charge in [0.2, 0.25) is 5.91 Å². The van der Waals surface area contributed by atoms with Gasteiger partial charge in [-0.25, -0.2) is 4.79 Å². The molecule has 0 saturated heterocycles. The largest absolute Gasteiger partial charge is 0.383 e. The summed E-state index contributed by atoms with van der Waals surface area (Å²) in [5.41, 5.74) is 2.60. The molecule has 28 heavy (non-hydrogen) atoms. The fourth-order valence-electron chi connectivity index (χ4n) is 3.83. The van der Waals surface area contributed by atoms with E-state index in [1.807, 2.05) is 0 Å². The topological polar surface area (TPSA) is 79.5 Å². The molecule has 1 unspecified atom stereocenters. The van der Waals surface area contributed by atoms with Crippen LogP contribution < -0.4 is 16.0 Å². The highest BCUT2D eigenvalue weighted by molar-refractivity contribution is 5.95. The van der Waals surface area contributed by atoms with Crippen LogP contribution >= 0.6 is 0 Å². The van der Waals surface area contributed by atoms with Crippen molar-refractivity contribution in [3.05, 3.63) is 35.4 Å². The van der Waals surface area contributed by atoms with E-state index in [4.69, 9.17) is 4.74 Å². The minimum absolute atomic E-state index is 0.0581. The van der Waals surface area contributed by atoms with Crippen molar-refractivity contribution < 1.29 is 14.3 Å². The predicted octanol–water partition coefficient (Wildman–Crippen LogP) is 3.49. The molecule has 1 aromatic carbocycles. The highest BCUT2D eigenvalue weighted by Gasteiger charge is 2.19. The molecule has 1 fully saturated rings. The monoisotopic (exact) mass is 389 g/mol. The van der Waals surface area contributed by atoms with E-state index in [0.29, 0.717) is 25.0 Å². The number of nitrogens with one attached hydrogen (secondary N) is 3. The molecule has 0 aliphatic heterocycles. The van der Waals surface area contributed by atoms with Crippen LogP contribution in [-0.4, -0.2) is 38.7 Å². The Morgan fingerprint density at radius 3 is 2.39 bits per heavy atom. The van der Waals surface area contributed by atoms with E-state index in [9.17, 15) is 9.59 Å². The maximum Gasteiger partial charge on any atom is 0.321 e. The molecule has 156 valence electrons. The Balaban J connectivity index is 1.86. The summed E-state index contributed by atoms with van der Waals surface area (Å²) < 4.78 is 4.86. The first kappa shape index (κ1) is 22.4. The van der Waals surface area contributed by atoms with Gasteiger partial charge in [0.1, 0.15) is 0 Å². The van der Waals surface area contributed by atoms with Crippen molar-refractivity contribution >= 4 is 11.9 Å². The highest BCUT2D eigenvalue weighted by Crippen LogP contribution is 2.33. The zero-order valence-electron chi connectivity index (χ0n) is 17.4. The molecular formula is C22H35N3O3. The number of carbonyl (C=O) groups is 2. The zero-order chi connectivity index (χ0) is 20.4. The molecule has 1 aliphatic rings. The molecular weight excluding hydrogens is 354 g/mol. The number of urea groups is 1. The van der Waals surface area contributed by atoms with Crippen molar-refractivity contribution in [1.29, 1.82) is 0 Å². The van der Waals surface area contributed by atoms with Gasteiger partial charge < -0.3 is 15.4 Å². The maximum absolute atomic E-state index is 12.0. The van der Waals surface area contributed by atoms with E-state index in [2.05, 4.69) is 54.1 Å². The summed E-state index contributed by atoms with van der Waals surface area (Å²) in [6.45, 7) is 5.12. The number of imide groups is 1. The molecule has 6 nitrogen and oxygen atoms in total. The fraction of sp³-hybridized carbons (Fsp3) is 0.636. The summed E-state index contributed by atoms with van der Waals surface area (Å²) in [6.07, 6.45) is 6.60. The van der Waals surface area contributed by atoms with Crippen LogP contribution in [-0.2, 0) is 9.53 Å². The number of ether oxygens (including phenoxy) is 1. The van der Waals surface area contributed by atoms with Crippen LogP contribution in [0.25, 0.3) is 0 Å². The summed E-state index contributed by atoms with van der Waals surface area (Å²) in [5.74, 6) is 0.666. The summed E-state index contributed by atoms with van der Waals surface area (Å²) >= 11 is 0. The lowest BCUT2D eigenvalue weighted by molar-refractivity contribution is -0.119. The Hall–Kier alpha value is -1.92. The number of hydrogen-bond donors (Lipinski definition) is 3. The van der Waals surface area contributed by atoms with Gasteiger partial charge in [-0.15, -0.1) is 0 Å². The van der Waals surface area contributed by atoms with E-state index in [1.165, 1.54) is 43.2 Å². The van der Waals surface area contributed by atoms with Gasteiger partial charge in [-0.2, -0.15) is 0 Å². The minimum Gasteiger partial charge on any atom is -0.383 e. The predicted molar refractivity (Wildman–Crippen MR) is 111 cm³/mol. The van der Waals surface area contributed by atoms with Gasteiger partial charge in [0.15, 0.2) is 0 Å². The lowest BCUT2D eigenvalue weighted by Gasteiger charge is -2.25. The lowest BCUT2D eigenvalue weighted by Crippen LogP contribution is -2.45. The Bertz CT molecular complexity index is 610. The normalized spacial score (nSPS) is 16.0. The molecule has 6 heteroatoms. The summed E-state index contributed by atoms with van der Waals surface area (Å²) in [5, 5.41) is 8.19. The number of methoxy groups -OCH3 is 1. The first-order chi connectivity index (χ1) is 13.5. The molecule has 0 heterocycles. The molecule has 1 saturated carbocycles. The van der Waals surface area contributed by atoms with Gasteiger partial charge in [-0.1, -0.05) is 57.4 Å². The SMILES string of the molecule is COCCNC(=O)NC(=O)CNC(c1ccc(C2CCCCC2)cc1)C(C)C. The number of amides is 3. The van der Waals surface area contributed by atoms with Gasteiger partial charge in [0, 0.05) is 19.7 Å². The molecule has 0 spiro atoms. The van der Waals surface area contributed by atoms with Gasteiger partial charge in [-0.3, -0.25) is 10.1 Å². The van der Waals surface area contributed by atoms with E-state index in [0.717, 1.165) is 0 Å². The Morgan fingerprint density at radius 1 is 1.11 bits per heavy atom. The van der Waals surface area contributed by atoms with Crippen molar-refractivity contribution in [2.75, 3.05) is 26.8 Å². The quantitative estimate of drug-likeness (QED) is 0.565. The second kappa shape index (κ2) is 11.8. The van der Waals surface area contributed by atoms with Gasteiger partial charge in [0.05, 0.1) is 13.2 Å². The maximum atomic E-state index is 12.0. The van der Waals surface area contributed by atoms with Crippen molar-refractivity contribution in [2.45, 2.75) is 57.9 Å². The van der Waals surface area contributed by atoms with Gasteiger partial charge in [-0.05, 0) is 35.8 Å². The molecule has 1 aliphatic carbocycles. The third-order valence-corrected chi connectivity index (χ3v) is 5.37. The molecule has 1 atom stereocenters. The van der Waals surface area contributed by atoms with E-state index >= 15 is 0 Å². The number of rotatable bonds is 9. The fourth-order valence-corrected chi connectivity index (χ4v) is 3.83. The molecule has 1 aromatic rings. The second-order valence-corrected chi connectivity index (χ2v) is 7.90. The Kier molecular flexibility index (Phi) is 9.44. The molecule has 2 rings (SSSR count). The Labute approximate surface area is 168 Å². The zero-order valence-corrected chi connectivity index (χ0v) is 17.4. The van der Waals surface area contributed by atoms with Crippen LogP contribution in [0, 0.1) is 5.92 Å². The summed E-state index contributed by atoms with van der Waals surface area (Å²) in [7, 11) is 1.56. The van der Waals surface area contributed by atoms with Crippen LogP contribution in [0.4, 0.5) is 4.79 Å². The average molecular weight is 390 g/mol. The third kappa shape index (κ3) is 7.24. The molecule has 0 aromatic heterocycles. The van der Waals surface area contributed by atoms with Crippen molar-refractivity contribution in [1.82, 2.24) is 16.0 Å². The van der Waals surface area contributed by atoms with Crippen molar-refractivity contribution in [2.24, 2.45) is 5.92 Å². The van der Waals surface area contributed by atoms with Gasteiger partial charge >= 0.3 is 6.03 Å². The van der Waals surface area contributed by atoms with Crippen LogP contribution in [0.5, 0.6) is 0 Å². The minimum atomic E-state index is -0.498. The number of benzene rings is 1. The molecule has 3 N–H and O–H groups in total. The average Bonchev–Trinajstić information content (AvgIpc) is 2.69. The van der Waals surface area contributed by atoms with Crippen LogP contribution in [0.1, 0.15) is 69.0 Å². The molecule has 0 bridgehead atoms. The third-order valence-electron chi connectivity index (χ3n) is 5.37. The van der Waals surface area contributed by atoms with Crippen LogP contribution in [0.2, 0.25) is 0 Å². The van der Waals surface area contributed by atoms with Crippen molar-refractivity contribution in [3.8, 4) is 0 Å². The van der Waals surface area contributed by atoms with Crippen LogP contribution in [0.3, 0.4) is 0 Å². The first-order valence-corrected chi connectivity index (χ1v) is 10.4. The summed E-state index contributed by atoms with van der Waals surface area (Å²) in [4.78, 5) is 23.7. The Morgan fingerprint density at radius 2 is 1.79 bits per heavy atom.